The van der Waals surface area contributed by atoms with Crippen LogP contribution in [-0.4, -0.2) is 40.0 Å². The Morgan fingerprint density at radius 2 is 2.10 bits per heavy atom. The summed E-state index contributed by atoms with van der Waals surface area (Å²) >= 11 is 0. The maximum Gasteiger partial charge on any atom is 0.220 e. The highest BCUT2D eigenvalue weighted by atomic mass is 16.5. The Morgan fingerprint density at radius 1 is 1.24 bits per heavy atom. The van der Waals surface area contributed by atoms with Gasteiger partial charge in [0.25, 0.3) is 0 Å². The van der Waals surface area contributed by atoms with Crippen molar-refractivity contribution >= 4 is 11.7 Å². The molecule has 2 aliphatic heterocycles. The molecule has 152 valence electrons. The molecule has 7 heteroatoms. The van der Waals surface area contributed by atoms with Gasteiger partial charge in [-0.25, -0.2) is 9.97 Å². The summed E-state index contributed by atoms with van der Waals surface area (Å²) in [6, 6.07) is 10.5. The lowest BCUT2D eigenvalue weighted by Crippen LogP contribution is -2.33. The van der Waals surface area contributed by atoms with Crippen molar-refractivity contribution in [1.82, 2.24) is 14.9 Å². The van der Waals surface area contributed by atoms with E-state index >= 15 is 0 Å². The quantitative estimate of drug-likeness (QED) is 0.758. The van der Waals surface area contributed by atoms with Crippen molar-refractivity contribution in [3.63, 3.8) is 0 Å². The second-order valence-electron chi connectivity index (χ2n) is 7.50. The Balaban J connectivity index is 1.61. The van der Waals surface area contributed by atoms with Gasteiger partial charge in [-0.05, 0) is 43.5 Å². The monoisotopic (exact) mass is 392 g/mol. The minimum atomic E-state index is -0.153. The molecular weight excluding hydrogens is 364 g/mol. The molecule has 7 nitrogen and oxygen atoms in total. The maximum absolute atomic E-state index is 6.07. The molecule has 1 saturated heterocycles. The number of hydrogen-bond donors (Lipinski definition) is 2. The van der Waals surface area contributed by atoms with Crippen LogP contribution in [0.2, 0.25) is 0 Å². The SMILES string of the molecule is NC=CC(=NC1CCCCO1)c1nc(N)nc2c1CCN(Cc1ccccc1)C2. The van der Waals surface area contributed by atoms with Crippen molar-refractivity contribution < 1.29 is 4.74 Å². The molecule has 4 rings (SSSR count). The largest absolute Gasteiger partial charge is 0.405 e. The maximum atomic E-state index is 6.07. The molecule has 1 aromatic heterocycles. The number of anilines is 1. The van der Waals surface area contributed by atoms with Crippen molar-refractivity contribution in [2.45, 2.75) is 45.0 Å². The number of nitrogens with two attached hydrogens (primary N) is 2. The fourth-order valence-electron chi connectivity index (χ4n) is 3.95. The summed E-state index contributed by atoms with van der Waals surface area (Å²) in [7, 11) is 0. The summed E-state index contributed by atoms with van der Waals surface area (Å²) < 4.78 is 5.79. The Kier molecular flexibility index (Phi) is 6.17. The van der Waals surface area contributed by atoms with E-state index in [2.05, 4.69) is 39.1 Å². The number of aliphatic imine (C=N–C) groups is 1. The van der Waals surface area contributed by atoms with Crippen LogP contribution >= 0.6 is 0 Å². The van der Waals surface area contributed by atoms with Crippen molar-refractivity contribution in [2.24, 2.45) is 10.7 Å². The van der Waals surface area contributed by atoms with Gasteiger partial charge in [0.1, 0.15) is 6.23 Å². The van der Waals surface area contributed by atoms with Crippen molar-refractivity contribution in [3.8, 4) is 0 Å². The lowest BCUT2D eigenvalue weighted by molar-refractivity contribution is 0.0224. The third-order valence-electron chi connectivity index (χ3n) is 5.35. The van der Waals surface area contributed by atoms with E-state index in [0.717, 1.165) is 74.6 Å². The second kappa shape index (κ2) is 9.15. The number of rotatable bonds is 5. The van der Waals surface area contributed by atoms with Crippen LogP contribution in [0.15, 0.2) is 47.6 Å². The van der Waals surface area contributed by atoms with Gasteiger partial charge in [0.05, 0.1) is 17.1 Å². The Morgan fingerprint density at radius 3 is 2.86 bits per heavy atom. The number of benzene rings is 1. The number of nitrogen functional groups attached to an aromatic ring is 1. The fourth-order valence-corrected chi connectivity index (χ4v) is 3.95. The summed E-state index contributed by atoms with van der Waals surface area (Å²) in [5.74, 6) is 0.267. The standard InChI is InChI=1S/C22H28N6O/c23-11-9-18(25-20-8-4-5-13-29-20)21-17-10-12-28(14-16-6-2-1-3-7-16)15-19(17)26-22(24)27-21/h1-3,6-7,9,11,20H,4-5,8,10,12-15,23H2,(H2,24,26,27). The van der Waals surface area contributed by atoms with Crippen molar-refractivity contribution in [3.05, 3.63) is 65.1 Å². The first-order chi connectivity index (χ1) is 14.2. The topological polar surface area (TPSA) is 103 Å². The van der Waals surface area contributed by atoms with Crippen LogP contribution in [0, 0.1) is 0 Å². The van der Waals surface area contributed by atoms with Crippen LogP contribution in [-0.2, 0) is 24.2 Å². The van der Waals surface area contributed by atoms with E-state index in [1.54, 1.807) is 6.08 Å². The first-order valence-corrected chi connectivity index (χ1v) is 10.2. The van der Waals surface area contributed by atoms with Gasteiger partial charge in [0, 0.05) is 31.8 Å². The summed E-state index contributed by atoms with van der Waals surface area (Å²) in [6.07, 6.45) is 7.09. The molecule has 1 aromatic carbocycles. The first-order valence-electron chi connectivity index (χ1n) is 10.2. The van der Waals surface area contributed by atoms with Crippen LogP contribution in [0.3, 0.4) is 0 Å². The zero-order valence-corrected chi connectivity index (χ0v) is 16.6. The van der Waals surface area contributed by atoms with Gasteiger partial charge in [-0.2, -0.15) is 0 Å². The van der Waals surface area contributed by atoms with Gasteiger partial charge in [-0.15, -0.1) is 0 Å². The van der Waals surface area contributed by atoms with E-state index in [9.17, 15) is 0 Å². The molecule has 1 fully saturated rings. The van der Waals surface area contributed by atoms with Crippen LogP contribution < -0.4 is 11.5 Å². The third kappa shape index (κ3) is 4.81. The van der Waals surface area contributed by atoms with E-state index in [-0.39, 0.29) is 12.2 Å². The lowest BCUT2D eigenvalue weighted by atomic mass is 9.99. The highest BCUT2D eigenvalue weighted by Crippen LogP contribution is 2.24. The molecule has 2 aromatic rings. The first kappa shape index (κ1) is 19.5. The minimum absolute atomic E-state index is 0.153. The van der Waals surface area contributed by atoms with Crippen LogP contribution in [0.1, 0.15) is 41.8 Å². The number of aromatic nitrogens is 2. The Labute approximate surface area is 171 Å². The van der Waals surface area contributed by atoms with Crippen molar-refractivity contribution in [2.75, 3.05) is 18.9 Å². The summed E-state index contributed by atoms with van der Waals surface area (Å²) in [6.45, 7) is 3.30. The van der Waals surface area contributed by atoms with E-state index in [4.69, 9.17) is 21.2 Å². The normalized spacial score (nSPS) is 20.7. The molecule has 2 aliphatic rings. The Bertz CT molecular complexity index is 890. The van der Waals surface area contributed by atoms with E-state index in [1.807, 2.05) is 6.07 Å². The van der Waals surface area contributed by atoms with Crippen LogP contribution in [0.4, 0.5) is 5.95 Å². The van der Waals surface area contributed by atoms with E-state index in [1.165, 1.54) is 11.8 Å². The average molecular weight is 393 g/mol. The molecule has 0 saturated carbocycles. The molecule has 4 N–H and O–H groups in total. The van der Waals surface area contributed by atoms with Crippen molar-refractivity contribution in [1.29, 1.82) is 0 Å². The number of nitrogens with zero attached hydrogens (tertiary/aromatic N) is 4. The third-order valence-corrected chi connectivity index (χ3v) is 5.35. The summed E-state index contributed by atoms with van der Waals surface area (Å²) in [5, 5.41) is 0. The van der Waals surface area contributed by atoms with Gasteiger partial charge in [-0.1, -0.05) is 30.3 Å². The Hall–Kier alpha value is -2.77. The van der Waals surface area contributed by atoms with Gasteiger partial charge < -0.3 is 16.2 Å². The summed E-state index contributed by atoms with van der Waals surface area (Å²) in [5.41, 5.74) is 16.6. The number of hydrogen-bond acceptors (Lipinski definition) is 7. The molecule has 0 radical (unpaired) electrons. The predicted octanol–water partition coefficient (Wildman–Crippen LogP) is 2.41. The number of ether oxygens (including phenoxy) is 1. The van der Waals surface area contributed by atoms with Crippen LogP contribution in [0.5, 0.6) is 0 Å². The molecular formula is C22H28N6O. The average Bonchev–Trinajstić information content (AvgIpc) is 2.74. The lowest BCUT2D eigenvalue weighted by Gasteiger charge is -2.29. The minimum Gasteiger partial charge on any atom is -0.405 e. The molecule has 0 spiro atoms. The van der Waals surface area contributed by atoms with Gasteiger partial charge >= 0.3 is 0 Å². The molecule has 3 heterocycles. The molecule has 0 aliphatic carbocycles. The van der Waals surface area contributed by atoms with Gasteiger partial charge in [-0.3, -0.25) is 9.89 Å². The molecule has 29 heavy (non-hydrogen) atoms. The van der Waals surface area contributed by atoms with E-state index in [0.29, 0.717) is 0 Å². The highest BCUT2D eigenvalue weighted by molar-refractivity contribution is 6.08. The molecule has 1 atom stereocenters. The second-order valence-corrected chi connectivity index (χ2v) is 7.50. The van der Waals surface area contributed by atoms with Crippen LogP contribution in [0.25, 0.3) is 0 Å². The van der Waals surface area contributed by atoms with Gasteiger partial charge in [0.15, 0.2) is 0 Å². The fraction of sp³-hybridized carbons (Fsp3) is 0.409. The zero-order chi connectivity index (χ0) is 20.1. The predicted molar refractivity (Wildman–Crippen MR) is 114 cm³/mol. The molecule has 1 unspecified atom stereocenters. The number of allylic oxidation sites excluding steroid dienone is 1. The summed E-state index contributed by atoms with van der Waals surface area (Å²) in [4.78, 5) is 16.3. The zero-order valence-electron chi connectivity index (χ0n) is 16.6. The van der Waals surface area contributed by atoms with Gasteiger partial charge in [0.2, 0.25) is 5.95 Å². The molecule has 0 bridgehead atoms. The smallest absolute Gasteiger partial charge is 0.220 e. The number of fused-ring (bicyclic) bond motifs is 1. The highest BCUT2D eigenvalue weighted by Gasteiger charge is 2.24. The van der Waals surface area contributed by atoms with E-state index < -0.39 is 0 Å². The molecule has 0 amide bonds.